The number of hydrogen-bond donors (Lipinski definition) is 4. The summed E-state index contributed by atoms with van der Waals surface area (Å²) in [5.74, 6) is 6.93. The molecule has 0 bridgehead atoms. The fourth-order valence-corrected chi connectivity index (χ4v) is 5.82. The van der Waals surface area contributed by atoms with Crippen LogP contribution in [0.1, 0.15) is 60.2 Å². The van der Waals surface area contributed by atoms with E-state index in [9.17, 15) is 15.2 Å². The molecule has 9 heteroatoms. The van der Waals surface area contributed by atoms with Crippen molar-refractivity contribution in [3.63, 3.8) is 0 Å². The minimum Gasteiger partial charge on any atom is -0.445 e. The summed E-state index contributed by atoms with van der Waals surface area (Å²) in [5.41, 5.74) is 10.2. The van der Waals surface area contributed by atoms with Gasteiger partial charge >= 0.3 is 6.09 Å². The van der Waals surface area contributed by atoms with Gasteiger partial charge in [-0.3, -0.25) is 5.10 Å². The molecule has 41 heavy (non-hydrogen) atoms. The van der Waals surface area contributed by atoms with Gasteiger partial charge in [0, 0.05) is 23.2 Å². The van der Waals surface area contributed by atoms with Crippen LogP contribution in [0.5, 0.6) is 5.88 Å². The molecule has 1 saturated carbocycles. The molecule has 2 heterocycles. The van der Waals surface area contributed by atoms with Crippen LogP contribution in [-0.2, 0) is 23.4 Å². The number of aromatic nitrogens is 2. The molecule has 0 spiro atoms. The van der Waals surface area contributed by atoms with Crippen LogP contribution in [0.15, 0.2) is 60.0 Å². The Hall–Kier alpha value is -4.73. The van der Waals surface area contributed by atoms with Crippen LogP contribution in [0, 0.1) is 41.9 Å². The zero-order valence-electron chi connectivity index (χ0n) is 23.3. The average Bonchev–Trinajstić information content (AvgIpc) is 3.32. The van der Waals surface area contributed by atoms with E-state index in [2.05, 4.69) is 33.4 Å². The number of aliphatic hydroxyl groups is 1. The van der Waals surface area contributed by atoms with Gasteiger partial charge in [0.05, 0.1) is 17.6 Å². The standard InChI is InChI=1S/C32H33N5O4/c1-19(2)32(27(16-33)29(34)41-30-28(32)20(3)36-37-30)25-12-22(11-24(13-25)17-38)9-10-23-14-26(15-23)35-31(39)40-18-21-7-5-4-6-8-21/h4-8,11-13,19,23,26,38H,14-15,17-18,34H2,1-3H3,(H,35,39)(H,36,37). The summed E-state index contributed by atoms with van der Waals surface area (Å²) in [6.45, 7) is 5.97. The van der Waals surface area contributed by atoms with E-state index in [1.54, 1.807) is 0 Å². The van der Waals surface area contributed by atoms with Gasteiger partial charge in [-0.15, -0.1) is 5.10 Å². The van der Waals surface area contributed by atoms with Gasteiger partial charge in [0.15, 0.2) is 0 Å². The molecule has 5 N–H and O–H groups in total. The van der Waals surface area contributed by atoms with E-state index in [0.717, 1.165) is 40.8 Å². The summed E-state index contributed by atoms with van der Waals surface area (Å²) in [4.78, 5) is 12.2. The predicted octanol–water partition coefficient (Wildman–Crippen LogP) is 4.30. The summed E-state index contributed by atoms with van der Waals surface area (Å²) in [6, 6.07) is 17.5. The van der Waals surface area contributed by atoms with Crippen LogP contribution in [0.4, 0.5) is 4.79 Å². The third-order valence-electron chi connectivity index (χ3n) is 7.86. The maximum Gasteiger partial charge on any atom is 0.407 e. The number of carbonyl (C=O) groups excluding carboxylic acids is 1. The highest BCUT2D eigenvalue weighted by Gasteiger charge is 2.50. The Morgan fingerprint density at radius 2 is 2.02 bits per heavy atom. The Kier molecular flexibility index (Phi) is 7.74. The molecule has 9 nitrogen and oxygen atoms in total. The monoisotopic (exact) mass is 551 g/mol. The second kappa shape index (κ2) is 11.4. The number of rotatable bonds is 6. The number of nitrogens with zero attached hydrogens (tertiary/aromatic N) is 2. The number of aryl methyl sites for hydroxylation is 1. The number of nitriles is 1. The highest BCUT2D eigenvalue weighted by atomic mass is 16.5. The zero-order chi connectivity index (χ0) is 29.1. The number of hydrogen-bond acceptors (Lipinski definition) is 7. The van der Waals surface area contributed by atoms with Gasteiger partial charge in [-0.05, 0) is 54.5 Å². The van der Waals surface area contributed by atoms with Crippen molar-refractivity contribution in [2.75, 3.05) is 0 Å². The number of carbonyl (C=O) groups is 1. The van der Waals surface area contributed by atoms with Crippen molar-refractivity contribution in [1.29, 1.82) is 5.26 Å². The lowest BCUT2D eigenvalue weighted by Crippen LogP contribution is -2.44. The molecular weight excluding hydrogens is 518 g/mol. The molecule has 5 rings (SSSR count). The number of allylic oxidation sites excluding steroid dienone is 1. The van der Waals surface area contributed by atoms with Crippen LogP contribution in [-0.4, -0.2) is 27.4 Å². The largest absolute Gasteiger partial charge is 0.445 e. The number of H-pyrrole nitrogens is 1. The zero-order valence-corrected chi connectivity index (χ0v) is 23.3. The third kappa shape index (κ3) is 5.25. The van der Waals surface area contributed by atoms with Crippen molar-refractivity contribution >= 4 is 6.09 Å². The molecule has 1 aliphatic carbocycles. The number of ether oxygens (including phenoxy) is 2. The number of fused-ring (bicyclic) bond motifs is 1. The molecule has 0 saturated heterocycles. The summed E-state index contributed by atoms with van der Waals surface area (Å²) in [5, 5.41) is 30.5. The number of amides is 1. The average molecular weight is 552 g/mol. The molecule has 1 fully saturated rings. The molecule has 1 aromatic heterocycles. The summed E-state index contributed by atoms with van der Waals surface area (Å²) in [7, 11) is 0. The van der Waals surface area contributed by atoms with Crippen LogP contribution < -0.4 is 15.8 Å². The van der Waals surface area contributed by atoms with E-state index in [0.29, 0.717) is 17.0 Å². The van der Waals surface area contributed by atoms with Gasteiger partial charge < -0.3 is 25.6 Å². The first-order valence-electron chi connectivity index (χ1n) is 13.6. The molecule has 3 aromatic rings. The number of aromatic amines is 1. The first kappa shape index (κ1) is 27.8. The Bertz CT molecular complexity index is 1590. The second-order valence-electron chi connectivity index (χ2n) is 10.9. The van der Waals surface area contributed by atoms with Crippen molar-refractivity contribution in [3.8, 4) is 23.8 Å². The van der Waals surface area contributed by atoms with Gasteiger partial charge in [0.2, 0.25) is 11.8 Å². The molecular formula is C32H33N5O4. The van der Waals surface area contributed by atoms with E-state index < -0.39 is 11.5 Å². The molecule has 1 unspecified atom stereocenters. The van der Waals surface area contributed by atoms with Gasteiger partial charge in [-0.25, -0.2) is 4.79 Å². The molecule has 0 radical (unpaired) electrons. The van der Waals surface area contributed by atoms with E-state index in [-0.39, 0.29) is 37.0 Å². The molecule has 1 atom stereocenters. The van der Waals surface area contributed by atoms with Crippen molar-refractivity contribution < 1.29 is 19.4 Å². The Balaban J connectivity index is 1.36. The smallest absolute Gasteiger partial charge is 0.407 e. The highest BCUT2D eigenvalue weighted by molar-refractivity contribution is 5.68. The number of nitrogens with one attached hydrogen (secondary N) is 2. The molecule has 210 valence electrons. The van der Waals surface area contributed by atoms with Gasteiger partial charge in [0.1, 0.15) is 18.2 Å². The fourth-order valence-electron chi connectivity index (χ4n) is 5.82. The number of aliphatic hydroxyl groups excluding tert-OH is 1. The lowest BCUT2D eigenvalue weighted by atomic mass is 9.61. The van der Waals surface area contributed by atoms with Crippen LogP contribution in [0.25, 0.3) is 0 Å². The first-order chi connectivity index (χ1) is 19.8. The van der Waals surface area contributed by atoms with Crippen molar-refractivity contribution in [3.05, 3.63) is 93.5 Å². The highest BCUT2D eigenvalue weighted by Crippen LogP contribution is 2.52. The van der Waals surface area contributed by atoms with E-state index in [1.165, 1.54) is 0 Å². The Morgan fingerprint density at radius 3 is 2.71 bits per heavy atom. The van der Waals surface area contributed by atoms with Crippen LogP contribution in [0.3, 0.4) is 0 Å². The molecule has 1 aliphatic heterocycles. The maximum atomic E-state index is 12.2. The maximum absolute atomic E-state index is 12.2. The first-order valence-corrected chi connectivity index (χ1v) is 13.6. The van der Waals surface area contributed by atoms with E-state index in [1.807, 2.05) is 69.3 Å². The quantitative estimate of drug-likeness (QED) is 0.334. The molecule has 2 aromatic carbocycles. The molecule has 2 aliphatic rings. The second-order valence-corrected chi connectivity index (χ2v) is 10.9. The van der Waals surface area contributed by atoms with E-state index >= 15 is 0 Å². The lowest BCUT2D eigenvalue weighted by Gasteiger charge is -2.41. The van der Waals surface area contributed by atoms with Gasteiger partial charge in [-0.1, -0.05) is 62.1 Å². The van der Waals surface area contributed by atoms with Crippen molar-refractivity contribution in [2.45, 2.75) is 58.3 Å². The Labute approximate surface area is 239 Å². The van der Waals surface area contributed by atoms with E-state index in [4.69, 9.17) is 15.2 Å². The Morgan fingerprint density at radius 1 is 1.27 bits per heavy atom. The fraction of sp³-hybridized carbons (Fsp3) is 0.344. The van der Waals surface area contributed by atoms with Crippen LogP contribution in [0.2, 0.25) is 0 Å². The minimum absolute atomic E-state index is 0.0112. The number of nitrogens with two attached hydrogens (primary N) is 1. The number of benzene rings is 2. The summed E-state index contributed by atoms with van der Waals surface area (Å²) in [6.07, 6.45) is 1.02. The van der Waals surface area contributed by atoms with Gasteiger partial charge in [0.25, 0.3) is 0 Å². The lowest BCUT2D eigenvalue weighted by molar-refractivity contribution is 0.126. The normalized spacial score (nSPS) is 21.1. The minimum atomic E-state index is -0.948. The molecule has 1 amide bonds. The summed E-state index contributed by atoms with van der Waals surface area (Å²) < 4.78 is 11.0. The van der Waals surface area contributed by atoms with Crippen LogP contribution >= 0.6 is 0 Å². The predicted molar refractivity (Wildman–Crippen MR) is 152 cm³/mol. The summed E-state index contributed by atoms with van der Waals surface area (Å²) >= 11 is 0. The SMILES string of the molecule is Cc1[nH]nc2c1C(c1cc(C#CC3CC(NC(=O)OCc4ccccc4)C3)cc(CO)c1)(C(C)C)C(C#N)=C(N)O2. The van der Waals surface area contributed by atoms with Crippen molar-refractivity contribution in [1.82, 2.24) is 15.5 Å². The topological polar surface area (TPSA) is 146 Å². The van der Waals surface area contributed by atoms with Gasteiger partial charge in [-0.2, -0.15) is 5.26 Å². The van der Waals surface area contributed by atoms with Crippen molar-refractivity contribution in [2.24, 2.45) is 17.6 Å². The number of alkyl carbamates (subject to hydrolysis) is 1. The third-order valence-corrected chi connectivity index (χ3v) is 7.86.